The summed E-state index contributed by atoms with van der Waals surface area (Å²) in [6.45, 7) is 4.23. The van der Waals surface area contributed by atoms with E-state index >= 15 is 0 Å². The molecule has 7 heteroatoms. The average Bonchev–Trinajstić information content (AvgIpc) is 3.16. The lowest BCUT2D eigenvalue weighted by Crippen LogP contribution is -2.47. The lowest BCUT2D eigenvalue weighted by molar-refractivity contribution is -0.124. The Labute approximate surface area is 184 Å². The number of nitrogens with zero attached hydrogens (tertiary/aromatic N) is 1. The van der Waals surface area contributed by atoms with E-state index in [0.29, 0.717) is 12.5 Å². The van der Waals surface area contributed by atoms with Gasteiger partial charge in [0.1, 0.15) is 6.04 Å². The van der Waals surface area contributed by atoms with Gasteiger partial charge in [-0.3, -0.25) is 4.79 Å². The Morgan fingerprint density at radius 3 is 2.61 bits per heavy atom. The fourth-order valence-electron chi connectivity index (χ4n) is 4.61. The Kier molecular flexibility index (Phi) is 6.19. The van der Waals surface area contributed by atoms with Crippen molar-refractivity contribution in [2.75, 3.05) is 13.1 Å². The van der Waals surface area contributed by atoms with E-state index in [2.05, 4.69) is 23.5 Å². The molecule has 1 amide bonds. The van der Waals surface area contributed by atoms with E-state index in [9.17, 15) is 18.3 Å². The second-order valence-corrected chi connectivity index (χ2v) is 10.7. The maximum atomic E-state index is 13.2. The van der Waals surface area contributed by atoms with Crippen molar-refractivity contribution in [1.82, 2.24) is 9.62 Å². The van der Waals surface area contributed by atoms with Gasteiger partial charge >= 0.3 is 0 Å². The minimum atomic E-state index is -3.88. The van der Waals surface area contributed by atoms with Crippen molar-refractivity contribution in [3.63, 3.8) is 0 Å². The maximum Gasteiger partial charge on any atom is 0.243 e. The number of nitrogens with one attached hydrogen (secondary N) is 1. The second-order valence-electron chi connectivity index (χ2n) is 8.85. The normalized spacial score (nSPS) is 24.0. The predicted octanol–water partition coefficient (Wildman–Crippen LogP) is 2.35. The zero-order chi connectivity index (χ0) is 22.2. The van der Waals surface area contributed by atoms with Crippen LogP contribution in [0.4, 0.5) is 0 Å². The first kappa shape index (κ1) is 22.0. The Morgan fingerprint density at radius 1 is 1.13 bits per heavy atom. The largest absolute Gasteiger partial charge is 0.392 e. The van der Waals surface area contributed by atoms with Crippen molar-refractivity contribution >= 4 is 15.9 Å². The number of carbonyl (C=O) groups is 1. The van der Waals surface area contributed by atoms with Crippen molar-refractivity contribution < 1.29 is 18.3 Å². The smallest absolute Gasteiger partial charge is 0.243 e. The number of hydrogen-bond donors (Lipinski definition) is 2. The summed E-state index contributed by atoms with van der Waals surface area (Å²) in [5, 5.41) is 13.1. The summed E-state index contributed by atoms with van der Waals surface area (Å²) in [6, 6.07) is 12.4. The number of aryl methyl sites for hydroxylation is 3. The third-order valence-corrected chi connectivity index (χ3v) is 8.51. The van der Waals surface area contributed by atoms with Crippen LogP contribution in [0.15, 0.2) is 47.4 Å². The van der Waals surface area contributed by atoms with Crippen LogP contribution < -0.4 is 5.32 Å². The molecule has 0 bridgehead atoms. The molecule has 1 fully saturated rings. The van der Waals surface area contributed by atoms with Gasteiger partial charge in [-0.1, -0.05) is 30.3 Å². The van der Waals surface area contributed by atoms with Gasteiger partial charge in [0.2, 0.25) is 15.9 Å². The molecule has 1 heterocycles. The lowest BCUT2D eigenvalue weighted by Gasteiger charge is -2.27. The predicted molar refractivity (Wildman–Crippen MR) is 119 cm³/mol. The molecule has 0 saturated carbocycles. The van der Waals surface area contributed by atoms with E-state index in [1.807, 2.05) is 19.9 Å². The maximum absolute atomic E-state index is 13.2. The molecule has 4 rings (SSSR count). The molecule has 3 atom stereocenters. The number of carbonyl (C=O) groups excluding carboxylic acids is 1. The standard InChI is InChI=1S/C24H30N2O4S/c1-16-7-10-22(11-17(16)2)31(29,30)26-15-21(27)13-23(26)24(28)25-14-18-8-9-19-5-3-4-6-20(19)12-18/h3-7,10-11,18,21,23,27H,8-9,12-15H2,1-2H3,(H,25,28). The summed E-state index contributed by atoms with van der Waals surface area (Å²) >= 11 is 0. The summed E-state index contributed by atoms with van der Waals surface area (Å²) < 4.78 is 27.6. The molecule has 2 aliphatic rings. The topological polar surface area (TPSA) is 86.7 Å². The van der Waals surface area contributed by atoms with Crippen LogP contribution in [0.2, 0.25) is 0 Å². The number of hydrogen-bond acceptors (Lipinski definition) is 4. The van der Waals surface area contributed by atoms with Crippen LogP contribution >= 0.6 is 0 Å². The van der Waals surface area contributed by atoms with E-state index in [1.54, 1.807) is 18.2 Å². The van der Waals surface area contributed by atoms with Crippen molar-refractivity contribution in [1.29, 1.82) is 0 Å². The summed E-state index contributed by atoms with van der Waals surface area (Å²) in [7, 11) is -3.88. The molecule has 0 radical (unpaired) electrons. The quantitative estimate of drug-likeness (QED) is 0.744. The van der Waals surface area contributed by atoms with Crippen molar-refractivity contribution in [3.8, 4) is 0 Å². The first-order valence-electron chi connectivity index (χ1n) is 10.9. The zero-order valence-corrected chi connectivity index (χ0v) is 18.9. The molecule has 2 aromatic carbocycles. The van der Waals surface area contributed by atoms with Gasteiger partial charge in [-0.2, -0.15) is 4.31 Å². The molecule has 6 nitrogen and oxygen atoms in total. The third kappa shape index (κ3) is 4.54. The SMILES string of the molecule is Cc1ccc(S(=O)(=O)N2CC(O)CC2C(=O)NCC2CCc3ccccc3C2)cc1C. The first-order valence-corrected chi connectivity index (χ1v) is 12.3. The molecule has 2 N–H and O–H groups in total. The van der Waals surface area contributed by atoms with Gasteiger partial charge in [0, 0.05) is 19.5 Å². The second kappa shape index (κ2) is 8.73. The minimum absolute atomic E-state index is 0.0653. The van der Waals surface area contributed by atoms with Gasteiger partial charge in [-0.15, -0.1) is 0 Å². The Bertz CT molecular complexity index is 1080. The van der Waals surface area contributed by atoms with Crippen LogP contribution in [0, 0.1) is 19.8 Å². The van der Waals surface area contributed by atoms with Gasteiger partial charge in [0.05, 0.1) is 11.0 Å². The number of fused-ring (bicyclic) bond motifs is 1. The average molecular weight is 443 g/mol. The number of benzene rings is 2. The van der Waals surface area contributed by atoms with Gasteiger partial charge in [-0.05, 0) is 73.4 Å². The number of aliphatic hydroxyl groups is 1. The highest BCUT2D eigenvalue weighted by atomic mass is 32.2. The van der Waals surface area contributed by atoms with E-state index in [1.165, 1.54) is 11.1 Å². The summed E-state index contributed by atoms with van der Waals surface area (Å²) in [4.78, 5) is 13.1. The molecule has 166 valence electrons. The highest BCUT2D eigenvalue weighted by Crippen LogP contribution is 2.28. The van der Waals surface area contributed by atoms with Crippen LogP contribution in [0.5, 0.6) is 0 Å². The summed E-state index contributed by atoms with van der Waals surface area (Å²) in [6.07, 6.45) is 2.16. The number of β-amino-alcohol motifs (C(OH)–C–C–N with tert-alkyl or cyclic N) is 1. The van der Waals surface area contributed by atoms with E-state index in [4.69, 9.17) is 0 Å². The molecule has 2 aromatic rings. The lowest BCUT2D eigenvalue weighted by atomic mass is 9.84. The van der Waals surface area contributed by atoms with E-state index < -0.39 is 22.2 Å². The first-order chi connectivity index (χ1) is 14.8. The van der Waals surface area contributed by atoms with Gasteiger partial charge in [-0.25, -0.2) is 8.42 Å². The fourth-order valence-corrected chi connectivity index (χ4v) is 6.33. The van der Waals surface area contributed by atoms with Crippen LogP contribution in [0.25, 0.3) is 0 Å². The number of aliphatic hydroxyl groups excluding tert-OH is 1. The van der Waals surface area contributed by atoms with E-state index in [-0.39, 0.29) is 23.8 Å². The van der Waals surface area contributed by atoms with Crippen LogP contribution in [0.3, 0.4) is 0 Å². The summed E-state index contributed by atoms with van der Waals surface area (Å²) in [5.41, 5.74) is 4.57. The molecule has 0 aromatic heterocycles. The van der Waals surface area contributed by atoms with Crippen LogP contribution in [-0.2, 0) is 27.7 Å². The fraction of sp³-hybridized carbons (Fsp3) is 0.458. The zero-order valence-electron chi connectivity index (χ0n) is 18.0. The molecule has 3 unspecified atom stereocenters. The van der Waals surface area contributed by atoms with Crippen molar-refractivity contribution in [2.45, 2.75) is 56.6 Å². The molecule has 1 aliphatic carbocycles. The molecule has 0 spiro atoms. The minimum Gasteiger partial charge on any atom is -0.392 e. The van der Waals surface area contributed by atoms with Gasteiger partial charge < -0.3 is 10.4 Å². The monoisotopic (exact) mass is 442 g/mol. The van der Waals surface area contributed by atoms with E-state index in [0.717, 1.165) is 34.7 Å². The Hall–Kier alpha value is -2.22. The molecular weight excluding hydrogens is 412 g/mol. The molecular formula is C24H30N2O4S. The molecule has 31 heavy (non-hydrogen) atoms. The molecule has 1 saturated heterocycles. The van der Waals surface area contributed by atoms with Gasteiger partial charge in [0.15, 0.2) is 0 Å². The van der Waals surface area contributed by atoms with Gasteiger partial charge in [0.25, 0.3) is 0 Å². The highest BCUT2D eigenvalue weighted by Gasteiger charge is 2.43. The van der Waals surface area contributed by atoms with Crippen LogP contribution in [-0.4, -0.2) is 49.0 Å². The van der Waals surface area contributed by atoms with Crippen molar-refractivity contribution in [3.05, 3.63) is 64.7 Å². The number of sulfonamides is 1. The Morgan fingerprint density at radius 2 is 1.87 bits per heavy atom. The van der Waals surface area contributed by atoms with Crippen LogP contribution in [0.1, 0.15) is 35.1 Å². The number of amides is 1. The summed E-state index contributed by atoms with van der Waals surface area (Å²) in [5.74, 6) is -0.00204. The Balaban J connectivity index is 1.45. The van der Waals surface area contributed by atoms with Crippen molar-refractivity contribution in [2.24, 2.45) is 5.92 Å². The third-order valence-electron chi connectivity index (χ3n) is 6.64. The highest BCUT2D eigenvalue weighted by molar-refractivity contribution is 7.89. The number of rotatable bonds is 5. The molecule has 1 aliphatic heterocycles.